The number of benzene rings is 1. The van der Waals surface area contributed by atoms with Gasteiger partial charge in [-0.25, -0.2) is 0 Å². The van der Waals surface area contributed by atoms with Crippen LogP contribution < -0.4 is 10.1 Å². The molecule has 2 aromatic rings. The SMILES string of the molecule is CC(NC(=O)CCc1ccco1)c1ccc(OC(F)F)cc1. The number of carbonyl (C=O) groups excluding carboxylic acids is 1. The van der Waals surface area contributed by atoms with Crippen molar-refractivity contribution >= 4 is 5.91 Å². The Morgan fingerprint density at radius 1 is 1.27 bits per heavy atom. The van der Waals surface area contributed by atoms with Gasteiger partial charge in [0.1, 0.15) is 11.5 Å². The molecule has 2 rings (SSSR count). The lowest BCUT2D eigenvalue weighted by Crippen LogP contribution is -2.26. The maximum atomic E-state index is 12.1. The Bertz CT molecular complexity index is 582. The van der Waals surface area contributed by atoms with Gasteiger partial charge in [0.05, 0.1) is 12.3 Å². The topological polar surface area (TPSA) is 51.5 Å². The lowest BCUT2D eigenvalue weighted by Gasteiger charge is -2.15. The van der Waals surface area contributed by atoms with Crippen LogP contribution in [0, 0.1) is 0 Å². The summed E-state index contributed by atoms with van der Waals surface area (Å²) in [5, 5.41) is 2.85. The van der Waals surface area contributed by atoms with Gasteiger partial charge in [0.2, 0.25) is 5.91 Å². The molecule has 0 aliphatic heterocycles. The van der Waals surface area contributed by atoms with E-state index in [1.165, 1.54) is 12.1 Å². The summed E-state index contributed by atoms with van der Waals surface area (Å²) in [6.07, 6.45) is 2.43. The maximum Gasteiger partial charge on any atom is 0.387 e. The summed E-state index contributed by atoms with van der Waals surface area (Å²) in [4.78, 5) is 11.9. The third-order valence-corrected chi connectivity index (χ3v) is 3.16. The number of hydrogen-bond donors (Lipinski definition) is 1. The molecule has 0 spiro atoms. The fourth-order valence-corrected chi connectivity index (χ4v) is 2.03. The third kappa shape index (κ3) is 4.87. The Morgan fingerprint density at radius 2 is 2.00 bits per heavy atom. The van der Waals surface area contributed by atoms with Crippen molar-refractivity contribution in [3.63, 3.8) is 0 Å². The van der Waals surface area contributed by atoms with Crippen molar-refractivity contribution in [2.75, 3.05) is 0 Å². The first-order valence-corrected chi connectivity index (χ1v) is 6.91. The number of aryl methyl sites for hydroxylation is 1. The molecule has 1 aromatic heterocycles. The molecule has 1 amide bonds. The van der Waals surface area contributed by atoms with E-state index in [1.807, 2.05) is 13.0 Å². The number of hydrogen-bond acceptors (Lipinski definition) is 3. The predicted octanol–water partition coefficient (Wildman–Crippen LogP) is 3.69. The summed E-state index contributed by atoms with van der Waals surface area (Å²) in [6.45, 7) is -1.02. The van der Waals surface area contributed by atoms with Gasteiger partial charge in [-0.1, -0.05) is 12.1 Å². The second-order valence-corrected chi connectivity index (χ2v) is 4.82. The monoisotopic (exact) mass is 309 g/mol. The van der Waals surface area contributed by atoms with E-state index in [4.69, 9.17) is 4.42 Å². The van der Waals surface area contributed by atoms with Gasteiger partial charge in [0.15, 0.2) is 0 Å². The summed E-state index contributed by atoms with van der Waals surface area (Å²) in [5.41, 5.74) is 0.813. The molecule has 22 heavy (non-hydrogen) atoms. The summed E-state index contributed by atoms with van der Waals surface area (Å²) in [7, 11) is 0. The number of ether oxygens (including phenoxy) is 1. The molecule has 1 aromatic carbocycles. The van der Waals surface area contributed by atoms with Gasteiger partial charge in [-0.05, 0) is 36.8 Å². The second kappa shape index (κ2) is 7.59. The Hall–Kier alpha value is -2.37. The van der Waals surface area contributed by atoms with Crippen molar-refractivity contribution < 1.29 is 22.7 Å². The quantitative estimate of drug-likeness (QED) is 0.848. The van der Waals surface area contributed by atoms with E-state index in [1.54, 1.807) is 24.5 Å². The van der Waals surface area contributed by atoms with Crippen molar-refractivity contribution in [3.05, 3.63) is 54.0 Å². The molecule has 0 aliphatic rings. The molecular formula is C16H17F2NO3. The maximum absolute atomic E-state index is 12.1. The van der Waals surface area contributed by atoms with E-state index in [0.717, 1.165) is 11.3 Å². The van der Waals surface area contributed by atoms with Gasteiger partial charge in [0.25, 0.3) is 0 Å². The highest BCUT2D eigenvalue weighted by Crippen LogP contribution is 2.19. The molecule has 0 radical (unpaired) electrons. The zero-order valence-corrected chi connectivity index (χ0v) is 12.1. The Labute approximate surface area is 127 Å². The summed E-state index contributed by atoms with van der Waals surface area (Å²) >= 11 is 0. The third-order valence-electron chi connectivity index (χ3n) is 3.16. The number of amides is 1. The normalized spacial score (nSPS) is 12.2. The molecule has 0 fully saturated rings. The molecule has 1 N–H and O–H groups in total. The zero-order valence-electron chi connectivity index (χ0n) is 12.1. The Kier molecular flexibility index (Phi) is 5.52. The number of carbonyl (C=O) groups is 1. The van der Waals surface area contributed by atoms with Gasteiger partial charge in [-0.15, -0.1) is 0 Å². The molecule has 0 saturated carbocycles. The predicted molar refractivity (Wildman–Crippen MR) is 76.7 cm³/mol. The van der Waals surface area contributed by atoms with E-state index in [9.17, 15) is 13.6 Å². The van der Waals surface area contributed by atoms with Crippen LogP contribution in [-0.4, -0.2) is 12.5 Å². The first-order valence-electron chi connectivity index (χ1n) is 6.91. The number of nitrogens with one attached hydrogen (secondary N) is 1. The van der Waals surface area contributed by atoms with Gasteiger partial charge in [-0.2, -0.15) is 8.78 Å². The van der Waals surface area contributed by atoms with Gasteiger partial charge >= 0.3 is 6.61 Å². The minimum absolute atomic E-state index is 0.0927. The zero-order chi connectivity index (χ0) is 15.9. The lowest BCUT2D eigenvalue weighted by molar-refractivity contribution is -0.121. The van der Waals surface area contributed by atoms with E-state index in [2.05, 4.69) is 10.1 Å². The van der Waals surface area contributed by atoms with Crippen molar-refractivity contribution in [3.8, 4) is 5.75 Å². The molecule has 118 valence electrons. The first-order chi connectivity index (χ1) is 10.5. The van der Waals surface area contributed by atoms with Crippen molar-refractivity contribution in [1.29, 1.82) is 0 Å². The summed E-state index contributed by atoms with van der Waals surface area (Å²) in [5.74, 6) is 0.753. The average molecular weight is 309 g/mol. The minimum atomic E-state index is -2.84. The smallest absolute Gasteiger partial charge is 0.387 e. The highest BCUT2D eigenvalue weighted by Gasteiger charge is 2.11. The summed E-state index contributed by atoms with van der Waals surface area (Å²) in [6, 6.07) is 9.58. The fourth-order valence-electron chi connectivity index (χ4n) is 2.03. The van der Waals surface area contributed by atoms with Gasteiger partial charge in [0, 0.05) is 12.8 Å². The lowest BCUT2D eigenvalue weighted by atomic mass is 10.1. The van der Waals surface area contributed by atoms with Crippen LogP contribution in [0.25, 0.3) is 0 Å². The largest absolute Gasteiger partial charge is 0.469 e. The molecule has 1 heterocycles. The Morgan fingerprint density at radius 3 is 2.59 bits per heavy atom. The van der Waals surface area contributed by atoms with Crippen molar-refractivity contribution in [2.24, 2.45) is 0 Å². The number of rotatable bonds is 7. The highest BCUT2D eigenvalue weighted by atomic mass is 19.3. The van der Waals surface area contributed by atoms with Crippen LogP contribution in [-0.2, 0) is 11.2 Å². The van der Waals surface area contributed by atoms with Crippen molar-refractivity contribution in [2.45, 2.75) is 32.4 Å². The molecule has 1 unspecified atom stereocenters. The Balaban J connectivity index is 1.83. The van der Waals surface area contributed by atoms with Crippen LogP contribution in [0.1, 0.15) is 30.7 Å². The number of alkyl halides is 2. The molecule has 0 bridgehead atoms. The standard InChI is InChI=1S/C16H17F2NO3/c1-11(12-4-6-14(7-5-12)22-16(17)18)19-15(20)9-8-13-3-2-10-21-13/h2-7,10-11,16H,8-9H2,1H3,(H,19,20). The molecule has 0 saturated heterocycles. The molecule has 6 heteroatoms. The van der Waals surface area contributed by atoms with E-state index >= 15 is 0 Å². The van der Waals surface area contributed by atoms with Crippen LogP contribution in [0.5, 0.6) is 5.75 Å². The molecular weight excluding hydrogens is 292 g/mol. The van der Waals surface area contributed by atoms with E-state index in [0.29, 0.717) is 12.8 Å². The number of furan rings is 1. The molecule has 4 nitrogen and oxygen atoms in total. The van der Waals surface area contributed by atoms with Crippen LogP contribution in [0.4, 0.5) is 8.78 Å². The van der Waals surface area contributed by atoms with Crippen LogP contribution >= 0.6 is 0 Å². The highest BCUT2D eigenvalue weighted by molar-refractivity contribution is 5.76. The minimum Gasteiger partial charge on any atom is -0.469 e. The second-order valence-electron chi connectivity index (χ2n) is 4.82. The molecule has 0 aliphatic carbocycles. The van der Waals surface area contributed by atoms with E-state index < -0.39 is 6.61 Å². The van der Waals surface area contributed by atoms with Gasteiger partial charge in [-0.3, -0.25) is 4.79 Å². The number of halogens is 2. The summed E-state index contributed by atoms with van der Waals surface area (Å²) < 4.78 is 33.6. The van der Waals surface area contributed by atoms with Crippen LogP contribution in [0.2, 0.25) is 0 Å². The average Bonchev–Trinajstić information content (AvgIpc) is 2.98. The van der Waals surface area contributed by atoms with Crippen molar-refractivity contribution in [1.82, 2.24) is 5.32 Å². The van der Waals surface area contributed by atoms with Gasteiger partial charge < -0.3 is 14.5 Å². The van der Waals surface area contributed by atoms with Crippen LogP contribution in [0.15, 0.2) is 47.1 Å². The fraction of sp³-hybridized carbons (Fsp3) is 0.312. The van der Waals surface area contributed by atoms with Crippen LogP contribution in [0.3, 0.4) is 0 Å². The molecule has 1 atom stereocenters. The first kappa shape index (κ1) is 16.0. The van der Waals surface area contributed by atoms with E-state index in [-0.39, 0.29) is 17.7 Å².